The van der Waals surface area contributed by atoms with Gasteiger partial charge in [0.15, 0.2) is 0 Å². The number of carbonyl (C=O) groups is 1. The molecule has 0 unspecified atom stereocenters. The van der Waals surface area contributed by atoms with Crippen LogP contribution < -0.4 is 10.6 Å². The van der Waals surface area contributed by atoms with Crippen molar-refractivity contribution < 1.29 is 9.18 Å². The standard InChI is InChI=1S/C18H21FN2O/c1-12-10-13(2)18(14(3)11-12)21-17(22)8-9-20-16-7-5-4-6-15(16)19/h4-7,10-11,20H,8-9H2,1-3H3,(H,21,22). The lowest BCUT2D eigenvalue weighted by molar-refractivity contribution is -0.116. The minimum atomic E-state index is -0.312. The van der Waals surface area contributed by atoms with Crippen molar-refractivity contribution in [3.63, 3.8) is 0 Å². The van der Waals surface area contributed by atoms with Gasteiger partial charge < -0.3 is 10.6 Å². The van der Waals surface area contributed by atoms with E-state index in [0.717, 1.165) is 16.8 Å². The van der Waals surface area contributed by atoms with E-state index < -0.39 is 0 Å². The molecule has 2 N–H and O–H groups in total. The minimum Gasteiger partial charge on any atom is -0.382 e. The maximum atomic E-state index is 13.4. The van der Waals surface area contributed by atoms with Gasteiger partial charge in [0.1, 0.15) is 5.82 Å². The van der Waals surface area contributed by atoms with Crippen molar-refractivity contribution in [2.24, 2.45) is 0 Å². The third-order valence-electron chi connectivity index (χ3n) is 3.48. The lowest BCUT2D eigenvalue weighted by atomic mass is 10.1. The molecule has 0 bridgehead atoms. The van der Waals surface area contributed by atoms with Gasteiger partial charge in [-0.1, -0.05) is 29.8 Å². The maximum absolute atomic E-state index is 13.4. The molecule has 116 valence electrons. The summed E-state index contributed by atoms with van der Waals surface area (Å²) in [6, 6.07) is 10.5. The highest BCUT2D eigenvalue weighted by molar-refractivity contribution is 5.92. The molecule has 0 saturated heterocycles. The van der Waals surface area contributed by atoms with Gasteiger partial charge in [-0.05, 0) is 44.0 Å². The van der Waals surface area contributed by atoms with Crippen LogP contribution in [0.25, 0.3) is 0 Å². The number of benzene rings is 2. The second kappa shape index (κ2) is 7.07. The molecule has 0 radical (unpaired) electrons. The summed E-state index contributed by atoms with van der Waals surface area (Å²) in [6.45, 7) is 6.38. The number of amides is 1. The Balaban J connectivity index is 1.90. The second-order valence-electron chi connectivity index (χ2n) is 5.48. The summed E-state index contributed by atoms with van der Waals surface area (Å²) in [6.07, 6.45) is 0.279. The fraction of sp³-hybridized carbons (Fsp3) is 0.278. The molecule has 0 aliphatic heterocycles. The summed E-state index contributed by atoms with van der Waals surface area (Å²) in [7, 11) is 0. The van der Waals surface area contributed by atoms with E-state index in [9.17, 15) is 9.18 Å². The minimum absolute atomic E-state index is 0.0844. The SMILES string of the molecule is Cc1cc(C)c(NC(=O)CCNc2ccccc2F)c(C)c1. The van der Waals surface area contributed by atoms with Crippen LogP contribution >= 0.6 is 0 Å². The number of carbonyl (C=O) groups excluding carboxylic acids is 1. The van der Waals surface area contributed by atoms with Crippen molar-refractivity contribution in [3.8, 4) is 0 Å². The topological polar surface area (TPSA) is 41.1 Å². The number of rotatable bonds is 5. The lowest BCUT2D eigenvalue weighted by Crippen LogP contribution is -2.17. The molecule has 0 saturated carbocycles. The Kier molecular flexibility index (Phi) is 5.15. The van der Waals surface area contributed by atoms with E-state index in [2.05, 4.69) is 10.6 Å². The monoisotopic (exact) mass is 300 g/mol. The normalized spacial score (nSPS) is 10.4. The highest BCUT2D eigenvalue weighted by Crippen LogP contribution is 2.22. The molecule has 0 aromatic heterocycles. The van der Waals surface area contributed by atoms with Gasteiger partial charge in [-0.25, -0.2) is 4.39 Å². The van der Waals surface area contributed by atoms with Crippen LogP contribution in [-0.4, -0.2) is 12.5 Å². The molecule has 0 atom stereocenters. The highest BCUT2D eigenvalue weighted by Gasteiger charge is 2.08. The summed E-state index contributed by atoms with van der Waals surface area (Å²) in [5.74, 6) is -0.396. The van der Waals surface area contributed by atoms with Gasteiger partial charge in [-0.3, -0.25) is 4.79 Å². The Morgan fingerprint density at radius 3 is 2.36 bits per heavy atom. The summed E-state index contributed by atoms with van der Waals surface area (Å²) in [4.78, 5) is 12.0. The molecule has 4 heteroatoms. The van der Waals surface area contributed by atoms with E-state index in [1.54, 1.807) is 18.2 Å². The number of hydrogen-bond donors (Lipinski definition) is 2. The molecule has 0 heterocycles. The van der Waals surface area contributed by atoms with Crippen LogP contribution in [0.15, 0.2) is 36.4 Å². The Bertz CT molecular complexity index is 660. The molecular weight excluding hydrogens is 279 g/mol. The van der Waals surface area contributed by atoms with Crippen molar-refractivity contribution in [3.05, 3.63) is 58.9 Å². The van der Waals surface area contributed by atoms with Crippen LogP contribution in [0.3, 0.4) is 0 Å². The van der Waals surface area contributed by atoms with Crippen LogP contribution in [0, 0.1) is 26.6 Å². The summed E-state index contributed by atoms with van der Waals surface area (Å²) in [5.41, 5.74) is 4.55. The molecule has 0 aliphatic rings. The molecule has 2 rings (SSSR count). The average molecular weight is 300 g/mol. The third-order valence-corrected chi connectivity index (χ3v) is 3.48. The van der Waals surface area contributed by atoms with Crippen molar-refractivity contribution in [1.29, 1.82) is 0 Å². The van der Waals surface area contributed by atoms with Crippen LogP contribution in [-0.2, 0) is 4.79 Å². The smallest absolute Gasteiger partial charge is 0.226 e. The number of para-hydroxylation sites is 1. The first-order valence-electron chi connectivity index (χ1n) is 7.33. The molecule has 0 spiro atoms. The average Bonchev–Trinajstić information content (AvgIpc) is 2.45. The number of nitrogens with one attached hydrogen (secondary N) is 2. The van der Waals surface area contributed by atoms with Crippen LogP contribution in [0.1, 0.15) is 23.1 Å². The van der Waals surface area contributed by atoms with E-state index >= 15 is 0 Å². The molecular formula is C18H21FN2O. The van der Waals surface area contributed by atoms with Gasteiger partial charge in [-0.15, -0.1) is 0 Å². The number of aryl methyl sites for hydroxylation is 3. The summed E-state index contributed by atoms with van der Waals surface area (Å²) >= 11 is 0. The van der Waals surface area contributed by atoms with Gasteiger partial charge >= 0.3 is 0 Å². The van der Waals surface area contributed by atoms with E-state index in [4.69, 9.17) is 0 Å². The molecule has 3 nitrogen and oxygen atoms in total. The Morgan fingerprint density at radius 1 is 1.09 bits per heavy atom. The first kappa shape index (κ1) is 16.0. The molecule has 2 aromatic rings. The van der Waals surface area contributed by atoms with E-state index in [1.807, 2.05) is 32.9 Å². The fourth-order valence-electron chi connectivity index (χ4n) is 2.49. The third kappa shape index (κ3) is 4.07. The van der Waals surface area contributed by atoms with Gasteiger partial charge in [-0.2, -0.15) is 0 Å². The number of anilines is 2. The Labute approximate surface area is 130 Å². The van der Waals surface area contributed by atoms with Crippen molar-refractivity contribution in [1.82, 2.24) is 0 Å². The molecule has 1 amide bonds. The molecule has 0 aliphatic carbocycles. The first-order chi connectivity index (χ1) is 10.5. The number of halogens is 1. The lowest BCUT2D eigenvalue weighted by Gasteiger charge is -2.13. The van der Waals surface area contributed by atoms with Crippen LogP contribution in [0.5, 0.6) is 0 Å². The fourth-order valence-corrected chi connectivity index (χ4v) is 2.49. The Morgan fingerprint density at radius 2 is 1.73 bits per heavy atom. The van der Waals surface area contributed by atoms with E-state index in [-0.39, 0.29) is 18.1 Å². The predicted molar refractivity (Wildman–Crippen MR) is 88.8 cm³/mol. The van der Waals surface area contributed by atoms with Crippen LogP contribution in [0.2, 0.25) is 0 Å². The predicted octanol–water partition coefficient (Wildman–Crippen LogP) is 4.19. The summed E-state index contributed by atoms with van der Waals surface area (Å²) < 4.78 is 13.4. The van der Waals surface area contributed by atoms with Crippen molar-refractivity contribution >= 4 is 17.3 Å². The quantitative estimate of drug-likeness (QED) is 0.869. The van der Waals surface area contributed by atoms with Gasteiger partial charge in [0.2, 0.25) is 5.91 Å². The molecule has 0 fully saturated rings. The van der Waals surface area contributed by atoms with E-state index in [0.29, 0.717) is 12.2 Å². The largest absolute Gasteiger partial charge is 0.382 e. The zero-order chi connectivity index (χ0) is 16.1. The molecule has 22 heavy (non-hydrogen) atoms. The summed E-state index contributed by atoms with van der Waals surface area (Å²) in [5, 5.41) is 5.87. The molecule has 2 aromatic carbocycles. The first-order valence-corrected chi connectivity index (χ1v) is 7.33. The number of hydrogen-bond acceptors (Lipinski definition) is 2. The van der Waals surface area contributed by atoms with Crippen molar-refractivity contribution in [2.75, 3.05) is 17.2 Å². The zero-order valence-corrected chi connectivity index (χ0v) is 13.2. The van der Waals surface area contributed by atoms with Gasteiger partial charge in [0, 0.05) is 18.7 Å². The van der Waals surface area contributed by atoms with Crippen LogP contribution in [0.4, 0.5) is 15.8 Å². The van der Waals surface area contributed by atoms with E-state index in [1.165, 1.54) is 11.6 Å². The Hall–Kier alpha value is -2.36. The van der Waals surface area contributed by atoms with Gasteiger partial charge in [0.05, 0.1) is 5.69 Å². The highest BCUT2D eigenvalue weighted by atomic mass is 19.1. The zero-order valence-electron chi connectivity index (χ0n) is 13.2. The maximum Gasteiger partial charge on any atom is 0.226 e. The van der Waals surface area contributed by atoms with Crippen molar-refractivity contribution in [2.45, 2.75) is 27.2 Å². The second-order valence-corrected chi connectivity index (χ2v) is 5.48. The van der Waals surface area contributed by atoms with Gasteiger partial charge in [0.25, 0.3) is 0 Å².